The minimum Gasteiger partial charge on any atom is -0.362 e. The molecule has 1 heterocycles. The first-order valence-electron chi connectivity index (χ1n) is 6.09. The van der Waals surface area contributed by atoms with E-state index >= 15 is 0 Å². The number of hydrogen-bond acceptors (Lipinski definition) is 2. The van der Waals surface area contributed by atoms with Crippen LogP contribution in [-0.2, 0) is 0 Å². The number of hydrogen-bond donors (Lipinski definition) is 2. The molecule has 1 fully saturated rings. The van der Waals surface area contributed by atoms with Gasteiger partial charge in [0.15, 0.2) is 0 Å². The van der Waals surface area contributed by atoms with E-state index in [1.165, 1.54) is 19.3 Å². The van der Waals surface area contributed by atoms with Crippen molar-refractivity contribution in [1.82, 2.24) is 5.32 Å². The van der Waals surface area contributed by atoms with Crippen molar-refractivity contribution >= 4 is 34.2 Å². The number of anilines is 1. The Kier molecular flexibility index (Phi) is 2.77. The summed E-state index contributed by atoms with van der Waals surface area (Å²) in [5.41, 5.74) is 1.57. The van der Waals surface area contributed by atoms with Crippen molar-refractivity contribution in [3.63, 3.8) is 0 Å². The predicted octanol–water partition coefficient (Wildman–Crippen LogP) is 3.11. The van der Waals surface area contributed by atoms with Crippen LogP contribution in [0.15, 0.2) is 18.2 Å². The number of halogens is 1. The number of amides is 1. The SMILES string of the molecule is O=C1NC2(CCCCC2)Nc2ccc(I)cc21. The van der Waals surface area contributed by atoms with E-state index in [-0.39, 0.29) is 11.6 Å². The number of benzene rings is 1. The Morgan fingerprint density at radius 3 is 2.65 bits per heavy atom. The monoisotopic (exact) mass is 342 g/mol. The van der Waals surface area contributed by atoms with Crippen LogP contribution in [-0.4, -0.2) is 11.6 Å². The molecule has 0 saturated heterocycles. The molecule has 0 radical (unpaired) electrons. The summed E-state index contributed by atoms with van der Waals surface area (Å²) in [6.07, 6.45) is 5.72. The normalized spacial score (nSPS) is 21.6. The first-order valence-corrected chi connectivity index (χ1v) is 7.17. The van der Waals surface area contributed by atoms with Gasteiger partial charge >= 0.3 is 0 Å². The molecule has 4 heteroatoms. The Labute approximate surface area is 114 Å². The molecule has 0 atom stereocenters. The summed E-state index contributed by atoms with van der Waals surface area (Å²) in [4.78, 5) is 12.2. The number of fused-ring (bicyclic) bond motifs is 1. The van der Waals surface area contributed by atoms with E-state index in [1.807, 2.05) is 18.2 Å². The van der Waals surface area contributed by atoms with Crippen LogP contribution in [0.3, 0.4) is 0 Å². The lowest BCUT2D eigenvalue weighted by atomic mass is 9.86. The Morgan fingerprint density at radius 2 is 1.88 bits per heavy atom. The molecule has 17 heavy (non-hydrogen) atoms. The molecule has 0 bridgehead atoms. The summed E-state index contributed by atoms with van der Waals surface area (Å²) in [7, 11) is 0. The molecule has 0 aromatic heterocycles. The zero-order valence-corrected chi connectivity index (χ0v) is 11.7. The third kappa shape index (κ3) is 2.03. The Hall–Kier alpha value is -0.780. The Morgan fingerprint density at radius 1 is 1.12 bits per heavy atom. The van der Waals surface area contributed by atoms with E-state index in [9.17, 15) is 4.79 Å². The smallest absolute Gasteiger partial charge is 0.255 e. The van der Waals surface area contributed by atoms with E-state index in [0.29, 0.717) is 0 Å². The molecule has 3 rings (SSSR count). The quantitative estimate of drug-likeness (QED) is 0.712. The Balaban J connectivity index is 1.97. The van der Waals surface area contributed by atoms with Crippen molar-refractivity contribution in [1.29, 1.82) is 0 Å². The third-order valence-corrected chi connectivity index (χ3v) is 4.33. The lowest BCUT2D eigenvalue weighted by Crippen LogP contribution is -2.58. The highest BCUT2D eigenvalue weighted by Crippen LogP contribution is 2.34. The molecule has 1 spiro atoms. The first kappa shape index (κ1) is 11.3. The average molecular weight is 342 g/mol. The van der Waals surface area contributed by atoms with Gasteiger partial charge in [0, 0.05) is 9.26 Å². The zero-order chi connectivity index (χ0) is 11.9. The fourth-order valence-electron chi connectivity index (χ4n) is 2.79. The number of nitrogens with one attached hydrogen (secondary N) is 2. The van der Waals surface area contributed by atoms with E-state index in [0.717, 1.165) is 27.7 Å². The summed E-state index contributed by atoms with van der Waals surface area (Å²) in [5, 5.41) is 6.70. The van der Waals surface area contributed by atoms with Gasteiger partial charge in [-0.15, -0.1) is 0 Å². The van der Waals surface area contributed by atoms with Gasteiger partial charge in [0.2, 0.25) is 0 Å². The fraction of sp³-hybridized carbons (Fsp3) is 0.462. The second kappa shape index (κ2) is 4.15. The van der Waals surface area contributed by atoms with Gasteiger partial charge in [-0.2, -0.15) is 0 Å². The van der Waals surface area contributed by atoms with Gasteiger partial charge in [-0.25, -0.2) is 0 Å². The molecular formula is C13H15IN2O. The lowest BCUT2D eigenvalue weighted by molar-refractivity contribution is 0.0876. The van der Waals surface area contributed by atoms with Gasteiger partial charge in [0.1, 0.15) is 5.66 Å². The minimum atomic E-state index is -0.185. The van der Waals surface area contributed by atoms with E-state index in [1.54, 1.807) is 0 Å². The van der Waals surface area contributed by atoms with Gasteiger partial charge in [0.25, 0.3) is 5.91 Å². The zero-order valence-electron chi connectivity index (χ0n) is 9.55. The van der Waals surface area contributed by atoms with Crippen LogP contribution in [0.1, 0.15) is 42.5 Å². The van der Waals surface area contributed by atoms with Crippen LogP contribution in [0.5, 0.6) is 0 Å². The maximum absolute atomic E-state index is 12.2. The topological polar surface area (TPSA) is 41.1 Å². The molecule has 3 nitrogen and oxygen atoms in total. The molecule has 0 unspecified atom stereocenters. The second-order valence-electron chi connectivity index (χ2n) is 4.91. The van der Waals surface area contributed by atoms with Gasteiger partial charge in [0.05, 0.1) is 5.56 Å². The van der Waals surface area contributed by atoms with Crippen LogP contribution in [0.2, 0.25) is 0 Å². The van der Waals surface area contributed by atoms with Crippen molar-refractivity contribution in [2.45, 2.75) is 37.8 Å². The highest BCUT2D eigenvalue weighted by molar-refractivity contribution is 14.1. The summed E-state index contributed by atoms with van der Waals surface area (Å²) in [5.74, 6) is 0.0687. The van der Waals surface area contributed by atoms with Crippen molar-refractivity contribution in [3.05, 3.63) is 27.3 Å². The van der Waals surface area contributed by atoms with E-state index in [4.69, 9.17) is 0 Å². The molecule has 1 aliphatic carbocycles. The second-order valence-corrected chi connectivity index (χ2v) is 6.16. The summed E-state index contributed by atoms with van der Waals surface area (Å²) in [6, 6.07) is 6.00. The van der Waals surface area contributed by atoms with Gasteiger partial charge < -0.3 is 10.6 Å². The van der Waals surface area contributed by atoms with Gasteiger partial charge in [-0.1, -0.05) is 6.42 Å². The van der Waals surface area contributed by atoms with Gasteiger partial charge in [-0.3, -0.25) is 4.79 Å². The van der Waals surface area contributed by atoms with Crippen molar-refractivity contribution in [2.24, 2.45) is 0 Å². The molecule has 1 aromatic rings. The van der Waals surface area contributed by atoms with Crippen molar-refractivity contribution in [2.75, 3.05) is 5.32 Å². The van der Waals surface area contributed by atoms with E-state index in [2.05, 4.69) is 33.2 Å². The largest absolute Gasteiger partial charge is 0.362 e. The molecule has 90 valence electrons. The van der Waals surface area contributed by atoms with Crippen LogP contribution in [0, 0.1) is 3.57 Å². The minimum absolute atomic E-state index is 0.0687. The molecule has 2 aliphatic rings. The van der Waals surface area contributed by atoms with Gasteiger partial charge in [-0.05, 0) is 66.5 Å². The maximum Gasteiger partial charge on any atom is 0.255 e. The van der Waals surface area contributed by atoms with Crippen molar-refractivity contribution in [3.8, 4) is 0 Å². The molecule has 1 aliphatic heterocycles. The average Bonchev–Trinajstić information content (AvgIpc) is 2.31. The summed E-state index contributed by atoms with van der Waals surface area (Å²) < 4.78 is 1.10. The summed E-state index contributed by atoms with van der Waals surface area (Å²) >= 11 is 2.23. The van der Waals surface area contributed by atoms with Crippen molar-refractivity contribution < 1.29 is 4.79 Å². The highest BCUT2D eigenvalue weighted by Gasteiger charge is 2.38. The third-order valence-electron chi connectivity index (χ3n) is 3.66. The predicted molar refractivity (Wildman–Crippen MR) is 76.1 cm³/mol. The molecule has 1 amide bonds. The van der Waals surface area contributed by atoms with Crippen LogP contribution >= 0.6 is 22.6 Å². The molecule has 2 N–H and O–H groups in total. The van der Waals surface area contributed by atoms with E-state index < -0.39 is 0 Å². The highest BCUT2D eigenvalue weighted by atomic mass is 127. The first-order chi connectivity index (χ1) is 8.19. The molecule has 1 aromatic carbocycles. The van der Waals surface area contributed by atoms with Crippen LogP contribution in [0.25, 0.3) is 0 Å². The maximum atomic E-state index is 12.2. The summed E-state index contributed by atoms with van der Waals surface area (Å²) in [6.45, 7) is 0. The Bertz CT molecular complexity index is 466. The number of carbonyl (C=O) groups is 1. The molecule has 1 saturated carbocycles. The standard InChI is InChI=1S/C13H15IN2O/c14-9-4-5-11-10(8-9)12(17)16-13(15-11)6-2-1-3-7-13/h4-5,8,15H,1-3,6-7H2,(H,16,17). The lowest BCUT2D eigenvalue weighted by Gasteiger charge is -2.43. The van der Waals surface area contributed by atoms with Crippen LogP contribution < -0.4 is 10.6 Å². The fourth-order valence-corrected chi connectivity index (χ4v) is 3.28. The molecular weight excluding hydrogens is 327 g/mol. The number of carbonyl (C=O) groups excluding carboxylic acids is 1. The van der Waals surface area contributed by atoms with Crippen LogP contribution in [0.4, 0.5) is 5.69 Å². The number of rotatable bonds is 0.